The number of hydrogen-bond acceptors (Lipinski definition) is 1. The van der Waals surface area contributed by atoms with Crippen LogP contribution in [0.3, 0.4) is 0 Å². The van der Waals surface area contributed by atoms with Crippen LogP contribution in [0.25, 0.3) is 10.9 Å². The van der Waals surface area contributed by atoms with Gasteiger partial charge < -0.3 is 0 Å². The molecule has 0 saturated carbocycles. The molecule has 3 heteroatoms. The Kier molecular flexibility index (Phi) is 2.90. The van der Waals surface area contributed by atoms with Crippen LogP contribution < -0.4 is 0 Å². The van der Waals surface area contributed by atoms with Gasteiger partial charge in [-0.1, -0.05) is 23.7 Å². The number of rotatable bonds is 0. The largest absolute Gasteiger partial charge is 0.252 e. The van der Waals surface area contributed by atoms with Crippen molar-refractivity contribution in [1.82, 2.24) is 4.98 Å². The van der Waals surface area contributed by atoms with Crippen LogP contribution in [0.1, 0.15) is 16.8 Å². The maximum Gasteiger partial charge on any atom is 0.0752 e. The fourth-order valence-corrected chi connectivity index (χ4v) is 2.32. The van der Waals surface area contributed by atoms with Crippen LogP contribution in [0.2, 0.25) is 5.02 Å². The van der Waals surface area contributed by atoms with Crippen LogP contribution in [-0.4, -0.2) is 4.98 Å². The molecular formula is C12H11ClIN. The second-order valence-electron chi connectivity index (χ2n) is 3.73. The van der Waals surface area contributed by atoms with E-state index in [2.05, 4.69) is 53.6 Å². The van der Waals surface area contributed by atoms with Crippen molar-refractivity contribution < 1.29 is 0 Å². The van der Waals surface area contributed by atoms with Crippen molar-refractivity contribution in [1.29, 1.82) is 0 Å². The lowest BCUT2D eigenvalue weighted by Gasteiger charge is -2.09. The lowest BCUT2D eigenvalue weighted by molar-refractivity contribution is 1.21. The van der Waals surface area contributed by atoms with Crippen molar-refractivity contribution in [3.05, 3.63) is 37.5 Å². The van der Waals surface area contributed by atoms with Gasteiger partial charge in [-0.15, -0.1) is 0 Å². The van der Waals surface area contributed by atoms with Crippen molar-refractivity contribution in [3.8, 4) is 0 Å². The topological polar surface area (TPSA) is 12.9 Å². The van der Waals surface area contributed by atoms with Crippen molar-refractivity contribution in [3.63, 3.8) is 0 Å². The molecule has 0 atom stereocenters. The molecule has 0 N–H and O–H groups in total. The molecule has 0 amide bonds. The number of aryl methyl sites for hydroxylation is 3. The molecule has 1 heterocycles. The molecule has 0 radical (unpaired) electrons. The standard InChI is InChI=1S/C12H11ClIN/c1-6-4-5-9-10(13)11(14)8(3)15-12(9)7(6)2/h4-5H,1-3H3. The number of benzene rings is 1. The molecule has 2 rings (SSSR count). The highest BCUT2D eigenvalue weighted by Gasteiger charge is 2.10. The molecule has 1 aromatic heterocycles. The fraction of sp³-hybridized carbons (Fsp3) is 0.250. The first-order valence-electron chi connectivity index (χ1n) is 4.74. The van der Waals surface area contributed by atoms with Crippen LogP contribution in [0.15, 0.2) is 12.1 Å². The van der Waals surface area contributed by atoms with E-state index < -0.39 is 0 Å². The smallest absolute Gasteiger partial charge is 0.0752 e. The number of nitrogens with zero attached hydrogens (tertiary/aromatic N) is 1. The molecule has 0 aliphatic rings. The van der Waals surface area contributed by atoms with Crippen molar-refractivity contribution in [2.75, 3.05) is 0 Å². The van der Waals surface area contributed by atoms with Gasteiger partial charge in [-0.05, 0) is 54.5 Å². The molecule has 0 saturated heterocycles. The summed E-state index contributed by atoms with van der Waals surface area (Å²) in [6, 6.07) is 4.14. The summed E-state index contributed by atoms with van der Waals surface area (Å²) in [4.78, 5) is 4.60. The minimum Gasteiger partial charge on any atom is -0.252 e. The molecule has 0 fully saturated rings. The summed E-state index contributed by atoms with van der Waals surface area (Å²) >= 11 is 8.55. The summed E-state index contributed by atoms with van der Waals surface area (Å²) in [6.07, 6.45) is 0. The highest BCUT2D eigenvalue weighted by Crippen LogP contribution is 2.31. The van der Waals surface area contributed by atoms with Gasteiger partial charge in [0.05, 0.1) is 19.8 Å². The monoisotopic (exact) mass is 331 g/mol. The second-order valence-corrected chi connectivity index (χ2v) is 5.19. The molecule has 0 aliphatic heterocycles. The highest BCUT2D eigenvalue weighted by molar-refractivity contribution is 14.1. The number of fused-ring (bicyclic) bond motifs is 1. The summed E-state index contributed by atoms with van der Waals surface area (Å²) in [5.41, 5.74) is 4.50. The molecule has 15 heavy (non-hydrogen) atoms. The van der Waals surface area contributed by atoms with Crippen molar-refractivity contribution in [2.24, 2.45) is 0 Å². The van der Waals surface area contributed by atoms with Crippen molar-refractivity contribution >= 4 is 45.1 Å². The minimum atomic E-state index is 0.821. The Bertz CT molecular complexity index is 549. The summed E-state index contributed by atoms with van der Waals surface area (Å²) in [5.74, 6) is 0. The fourth-order valence-electron chi connectivity index (χ4n) is 1.62. The molecule has 2 aromatic rings. The van der Waals surface area contributed by atoms with E-state index in [-0.39, 0.29) is 0 Å². The first-order chi connectivity index (χ1) is 7.02. The SMILES string of the molecule is Cc1ccc2c(Cl)c(I)c(C)nc2c1C. The Hall–Kier alpha value is -0.350. The van der Waals surface area contributed by atoms with Gasteiger partial charge in [-0.25, -0.2) is 0 Å². The molecule has 1 aromatic carbocycles. The predicted molar refractivity (Wildman–Crippen MR) is 73.7 cm³/mol. The Morgan fingerprint density at radius 1 is 1.20 bits per heavy atom. The zero-order valence-electron chi connectivity index (χ0n) is 8.86. The van der Waals surface area contributed by atoms with Gasteiger partial charge in [-0.3, -0.25) is 4.98 Å². The van der Waals surface area contributed by atoms with Gasteiger partial charge in [0, 0.05) is 5.39 Å². The third-order valence-electron chi connectivity index (χ3n) is 2.73. The van der Waals surface area contributed by atoms with Crippen LogP contribution in [0, 0.1) is 24.3 Å². The Morgan fingerprint density at radius 3 is 2.53 bits per heavy atom. The Balaban J connectivity index is 2.98. The first kappa shape index (κ1) is 11.1. The molecule has 0 unspecified atom stereocenters. The summed E-state index contributed by atoms with van der Waals surface area (Å²) in [7, 11) is 0. The van der Waals surface area contributed by atoms with Crippen LogP contribution in [0.5, 0.6) is 0 Å². The van der Waals surface area contributed by atoms with E-state index in [1.165, 1.54) is 11.1 Å². The number of halogens is 2. The molecule has 0 spiro atoms. The van der Waals surface area contributed by atoms with Gasteiger partial charge in [0.2, 0.25) is 0 Å². The third kappa shape index (κ3) is 1.74. The summed E-state index contributed by atoms with van der Waals surface area (Å²) < 4.78 is 1.05. The minimum absolute atomic E-state index is 0.821. The Labute approximate surface area is 108 Å². The van der Waals surface area contributed by atoms with Gasteiger partial charge in [-0.2, -0.15) is 0 Å². The van der Waals surface area contributed by atoms with Crippen LogP contribution in [0.4, 0.5) is 0 Å². The maximum atomic E-state index is 6.31. The number of pyridine rings is 1. The van der Waals surface area contributed by atoms with Crippen LogP contribution in [-0.2, 0) is 0 Å². The highest BCUT2D eigenvalue weighted by atomic mass is 127. The zero-order valence-corrected chi connectivity index (χ0v) is 11.8. The van der Waals surface area contributed by atoms with Crippen molar-refractivity contribution in [2.45, 2.75) is 20.8 Å². The molecule has 0 bridgehead atoms. The van der Waals surface area contributed by atoms with Crippen LogP contribution >= 0.6 is 34.2 Å². The number of hydrogen-bond donors (Lipinski definition) is 0. The molecule has 1 nitrogen and oxygen atoms in total. The number of aromatic nitrogens is 1. The third-order valence-corrected chi connectivity index (χ3v) is 4.76. The van der Waals surface area contributed by atoms with E-state index in [4.69, 9.17) is 11.6 Å². The van der Waals surface area contributed by atoms with E-state index >= 15 is 0 Å². The van der Waals surface area contributed by atoms with E-state index in [0.717, 1.165) is 25.2 Å². The van der Waals surface area contributed by atoms with E-state index in [0.29, 0.717) is 0 Å². The van der Waals surface area contributed by atoms with E-state index in [1.54, 1.807) is 0 Å². The van der Waals surface area contributed by atoms with Gasteiger partial charge in [0.1, 0.15) is 0 Å². The molecular weight excluding hydrogens is 320 g/mol. The normalized spacial score (nSPS) is 11.0. The second kappa shape index (κ2) is 3.91. The quantitative estimate of drug-likeness (QED) is 0.651. The summed E-state index contributed by atoms with van der Waals surface area (Å²) in [5, 5.41) is 1.87. The summed E-state index contributed by atoms with van der Waals surface area (Å²) in [6.45, 7) is 6.18. The van der Waals surface area contributed by atoms with Gasteiger partial charge in [0.25, 0.3) is 0 Å². The average Bonchev–Trinajstić information content (AvgIpc) is 2.21. The lowest BCUT2D eigenvalue weighted by Crippen LogP contribution is -1.94. The predicted octanol–water partition coefficient (Wildman–Crippen LogP) is 4.42. The maximum absolute atomic E-state index is 6.31. The molecule has 0 aliphatic carbocycles. The average molecular weight is 332 g/mol. The van der Waals surface area contributed by atoms with E-state index in [1.807, 2.05) is 6.92 Å². The van der Waals surface area contributed by atoms with Gasteiger partial charge in [0.15, 0.2) is 0 Å². The molecule has 78 valence electrons. The lowest BCUT2D eigenvalue weighted by atomic mass is 10.1. The first-order valence-corrected chi connectivity index (χ1v) is 6.19. The van der Waals surface area contributed by atoms with Gasteiger partial charge >= 0.3 is 0 Å². The zero-order chi connectivity index (χ0) is 11.2. The Morgan fingerprint density at radius 2 is 1.87 bits per heavy atom. The van der Waals surface area contributed by atoms with E-state index in [9.17, 15) is 0 Å².